The van der Waals surface area contributed by atoms with E-state index in [4.69, 9.17) is 4.74 Å². The highest BCUT2D eigenvalue weighted by Crippen LogP contribution is 2.34. The number of hydrogen-bond donors (Lipinski definition) is 2. The minimum absolute atomic E-state index is 0.137. The molecule has 0 aromatic carbocycles. The Morgan fingerprint density at radius 1 is 1.48 bits per heavy atom. The Morgan fingerprint density at radius 3 is 2.91 bits per heavy atom. The van der Waals surface area contributed by atoms with E-state index in [0.717, 1.165) is 6.42 Å². The molecule has 7 heteroatoms. The number of aromatic nitrogens is 1. The SMILES string of the molecule is CNC(=O)c1cc(OC2CCN(C(=O)C3(O)CCC3)C2)ccn1. The number of ether oxygens (including phenoxy) is 1. The Balaban J connectivity index is 1.60. The van der Waals surface area contributed by atoms with Crippen LogP contribution in [-0.4, -0.2) is 58.6 Å². The van der Waals surface area contributed by atoms with E-state index in [1.807, 2.05) is 0 Å². The largest absolute Gasteiger partial charge is 0.488 e. The van der Waals surface area contributed by atoms with E-state index in [2.05, 4.69) is 10.3 Å². The quantitative estimate of drug-likeness (QED) is 0.835. The van der Waals surface area contributed by atoms with Gasteiger partial charge >= 0.3 is 0 Å². The van der Waals surface area contributed by atoms with Crippen LogP contribution in [0.2, 0.25) is 0 Å². The second-order valence-corrected chi connectivity index (χ2v) is 6.12. The van der Waals surface area contributed by atoms with Crippen LogP contribution in [0.1, 0.15) is 36.2 Å². The van der Waals surface area contributed by atoms with E-state index in [1.165, 1.54) is 6.20 Å². The first-order chi connectivity index (χ1) is 11.0. The molecule has 2 amide bonds. The molecule has 0 bridgehead atoms. The molecule has 1 aromatic heterocycles. The van der Waals surface area contributed by atoms with Gasteiger partial charge in [0.05, 0.1) is 6.54 Å². The Hall–Kier alpha value is -2.15. The van der Waals surface area contributed by atoms with Crippen LogP contribution in [0.3, 0.4) is 0 Å². The molecule has 3 rings (SSSR count). The third-order valence-electron chi connectivity index (χ3n) is 4.50. The molecule has 7 nitrogen and oxygen atoms in total. The third-order valence-corrected chi connectivity index (χ3v) is 4.50. The maximum absolute atomic E-state index is 12.3. The molecule has 23 heavy (non-hydrogen) atoms. The molecule has 1 unspecified atom stereocenters. The smallest absolute Gasteiger partial charge is 0.269 e. The van der Waals surface area contributed by atoms with E-state index in [9.17, 15) is 14.7 Å². The number of pyridine rings is 1. The number of rotatable bonds is 4. The number of hydrogen-bond acceptors (Lipinski definition) is 5. The van der Waals surface area contributed by atoms with Crippen LogP contribution < -0.4 is 10.1 Å². The van der Waals surface area contributed by atoms with Gasteiger partial charge in [-0.1, -0.05) is 0 Å². The number of amides is 2. The fourth-order valence-corrected chi connectivity index (χ4v) is 2.96. The van der Waals surface area contributed by atoms with E-state index < -0.39 is 5.60 Å². The van der Waals surface area contributed by atoms with Gasteiger partial charge in [-0.2, -0.15) is 0 Å². The Bertz CT molecular complexity index is 615. The summed E-state index contributed by atoms with van der Waals surface area (Å²) in [5.74, 6) is 0.0989. The van der Waals surface area contributed by atoms with Crippen molar-refractivity contribution < 1.29 is 19.4 Å². The summed E-state index contributed by atoms with van der Waals surface area (Å²) in [5.41, 5.74) is -0.863. The van der Waals surface area contributed by atoms with Gasteiger partial charge in [0.1, 0.15) is 23.1 Å². The van der Waals surface area contributed by atoms with Gasteiger partial charge in [0.2, 0.25) is 0 Å². The van der Waals surface area contributed by atoms with Crippen LogP contribution in [0.15, 0.2) is 18.3 Å². The van der Waals surface area contributed by atoms with Crippen LogP contribution >= 0.6 is 0 Å². The first-order valence-corrected chi connectivity index (χ1v) is 7.88. The molecule has 1 aromatic rings. The predicted octanol–water partition coefficient (Wildman–Crippen LogP) is 0.336. The average Bonchev–Trinajstić information content (AvgIpc) is 2.99. The number of likely N-dealkylation sites (tertiary alicyclic amines) is 1. The lowest BCUT2D eigenvalue weighted by Gasteiger charge is -2.37. The van der Waals surface area contributed by atoms with Gasteiger partial charge in [-0.3, -0.25) is 14.6 Å². The van der Waals surface area contributed by atoms with Crippen molar-refractivity contribution >= 4 is 11.8 Å². The van der Waals surface area contributed by atoms with Crippen molar-refractivity contribution in [2.45, 2.75) is 37.4 Å². The minimum Gasteiger partial charge on any atom is -0.488 e. The fraction of sp³-hybridized carbons (Fsp3) is 0.562. The van der Waals surface area contributed by atoms with E-state index in [1.54, 1.807) is 24.1 Å². The highest BCUT2D eigenvalue weighted by atomic mass is 16.5. The van der Waals surface area contributed by atoms with Crippen molar-refractivity contribution in [1.29, 1.82) is 0 Å². The molecule has 2 heterocycles. The standard InChI is InChI=1S/C16H21N3O4/c1-17-14(20)13-9-11(3-7-18-13)23-12-4-8-19(10-12)15(21)16(22)5-2-6-16/h3,7,9,12,22H,2,4-6,8,10H2,1H3,(H,17,20). The summed E-state index contributed by atoms with van der Waals surface area (Å²) in [6, 6.07) is 3.28. The number of nitrogens with one attached hydrogen (secondary N) is 1. The number of aliphatic hydroxyl groups is 1. The highest BCUT2D eigenvalue weighted by molar-refractivity contribution is 5.92. The molecule has 1 aliphatic heterocycles. The molecule has 124 valence electrons. The van der Waals surface area contributed by atoms with Gasteiger partial charge < -0.3 is 20.1 Å². The van der Waals surface area contributed by atoms with Crippen LogP contribution in [0.5, 0.6) is 5.75 Å². The summed E-state index contributed by atoms with van der Waals surface area (Å²) in [7, 11) is 1.54. The Morgan fingerprint density at radius 2 is 2.26 bits per heavy atom. The van der Waals surface area contributed by atoms with Crippen molar-refractivity contribution in [2.75, 3.05) is 20.1 Å². The minimum atomic E-state index is -1.15. The predicted molar refractivity (Wildman–Crippen MR) is 82.0 cm³/mol. The van der Waals surface area contributed by atoms with E-state index in [-0.39, 0.29) is 17.9 Å². The summed E-state index contributed by atoms with van der Waals surface area (Å²) in [6.07, 6.45) is 4.09. The third kappa shape index (κ3) is 3.14. The molecule has 1 saturated heterocycles. The molecule has 1 saturated carbocycles. The summed E-state index contributed by atoms with van der Waals surface area (Å²) < 4.78 is 5.86. The van der Waals surface area contributed by atoms with Crippen LogP contribution in [-0.2, 0) is 4.79 Å². The monoisotopic (exact) mass is 319 g/mol. The molecule has 2 aliphatic rings. The number of carbonyl (C=O) groups excluding carboxylic acids is 2. The first-order valence-electron chi connectivity index (χ1n) is 7.88. The lowest BCUT2D eigenvalue weighted by molar-refractivity contribution is -0.159. The second kappa shape index (κ2) is 6.16. The van der Waals surface area contributed by atoms with Crippen molar-refractivity contribution in [2.24, 2.45) is 0 Å². The second-order valence-electron chi connectivity index (χ2n) is 6.12. The Kier molecular flexibility index (Phi) is 4.21. The average molecular weight is 319 g/mol. The van der Waals surface area contributed by atoms with Crippen molar-refractivity contribution in [1.82, 2.24) is 15.2 Å². The first kappa shape index (κ1) is 15.7. The summed E-state index contributed by atoms with van der Waals surface area (Å²) in [5, 5.41) is 12.7. The zero-order valence-corrected chi connectivity index (χ0v) is 13.1. The Labute approximate surface area is 134 Å². The normalized spacial score (nSPS) is 22.3. The van der Waals surface area contributed by atoms with Crippen molar-refractivity contribution in [3.8, 4) is 5.75 Å². The maximum atomic E-state index is 12.3. The molecule has 2 N–H and O–H groups in total. The molecular weight excluding hydrogens is 298 g/mol. The topological polar surface area (TPSA) is 91.8 Å². The highest BCUT2D eigenvalue weighted by Gasteiger charge is 2.46. The van der Waals surface area contributed by atoms with Gasteiger partial charge in [-0.15, -0.1) is 0 Å². The van der Waals surface area contributed by atoms with Crippen LogP contribution in [0.4, 0.5) is 0 Å². The van der Waals surface area contributed by atoms with Crippen LogP contribution in [0.25, 0.3) is 0 Å². The van der Waals surface area contributed by atoms with Gasteiger partial charge in [0.15, 0.2) is 0 Å². The maximum Gasteiger partial charge on any atom is 0.269 e. The van der Waals surface area contributed by atoms with Gasteiger partial charge in [-0.25, -0.2) is 0 Å². The molecular formula is C16H21N3O4. The molecule has 1 atom stereocenters. The van der Waals surface area contributed by atoms with Gasteiger partial charge in [0.25, 0.3) is 11.8 Å². The number of carbonyl (C=O) groups is 2. The van der Waals surface area contributed by atoms with Crippen molar-refractivity contribution in [3.63, 3.8) is 0 Å². The fourth-order valence-electron chi connectivity index (χ4n) is 2.96. The molecule has 0 radical (unpaired) electrons. The van der Waals surface area contributed by atoms with Gasteiger partial charge in [-0.05, 0) is 25.3 Å². The molecule has 2 fully saturated rings. The van der Waals surface area contributed by atoms with Crippen LogP contribution in [0, 0.1) is 0 Å². The summed E-state index contributed by atoms with van der Waals surface area (Å²) in [6.45, 7) is 1.04. The lowest BCUT2D eigenvalue weighted by atomic mass is 9.79. The number of nitrogens with zero attached hydrogens (tertiary/aromatic N) is 2. The van der Waals surface area contributed by atoms with E-state index in [0.29, 0.717) is 43.8 Å². The summed E-state index contributed by atoms with van der Waals surface area (Å²) in [4.78, 5) is 29.5. The zero-order chi connectivity index (χ0) is 16.4. The lowest BCUT2D eigenvalue weighted by Crippen LogP contribution is -2.52. The van der Waals surface area contributed by atoms with Gasteiger partial charge in [0, 0.05) is 32.3 Å². The zero-order valence-electron chi connectivity index (χ0n) is 13.1. The molecule has 0 spiro atoms. The molecule has 1 aliphatic carbocycles. The van der Waals surface area contributed by atoms with E-state index >= 15 is 0 Å². The van der Waals surface area contributed by atoms with Crippen molar-refractivity contribution in [3.05, 3.63) is 24.0 Å². The summed E-state index contributed by atoms with van der Waals surface area (Å²) >= 11 is 0.